The lowest BCUT2D eigenvalue weighted by Crippen LogP contribution is -2.22. The fourth-order valence-electron chi connectivity index (χ4n) is 2.53. The zero-order valence-electron chi connectivity index (χ0n) is 12.4. The molecule has 0 radical (unpaired) electrons. The highest BCUT2D eigenvalue weighted by molar-refractivity contribution is 7.19. The normalized spacial score (nSPS) is 12.2. The minimum Gasteiger partial charge on any atom is -0.326 e. The average molecular weight is 320 g/mol. The van der Waals surface area contributed by atoms with E-state index in [0.717, 1.165) is 31.6 Å². The topological polar surface area (TPSA) is 43.8 Å². The fraction of sp³-hybridized carbons (Fsp3) is 0.312. The van der Waals surface area contributed by atoms with E-state index in [2.05, 4.69) is 43.5 Å². The van der Waals surface area contributed by atoms with Gasteiger partial charge < -0.3 is 10.3 Å². The number of fused-ring (bicyclic) bond motifs is 1. The summed E-state index contributed by atoms with van der Waals surface area (Å²) in [5, 5.41) is 0. The van der Waals surface area contributed by atoms with E-state index in [9.17, 15) is 0 Å². The van der Waals surface area contributed by atoms with Gasteiger partial charge in [-0.05, 0) is 50.6 Å². The van der Waals surface area contributed by atoms with E-state index >= 15 is 0 Å². The van der Waals surface area contributed by atoms with Crippen LogP contribution in [-0.4, -0.2) is 9.55 Å². The lowest BCUT2D eigenvalue weighted by Gasteiger charge is -2.24. The van der Waals surface area contributed by atoms with Gasteiger partial charge in [-0.25, -0.2) is 4.98 Å². The van der Waals surface area contributed by atoms with E-state index in [1.54, 1.807) is 11.3 Å². The molecule has 0 aliphatic heterocycles. The molecule has 0 saturated carbocycles. The monoisotopic (exact) mass is 319 g/mol. The van der Waals surface area contributed by atoms with Crippen LogP contribution in [0.4, 0.5) is 0 Å². The van der Waals surface area contributed by atoms with Gasteiger partial charge in [-0.15, -0.1) is 11.3 Å². The van der Waals surface area contributed by atoms with Crippen LogP contribution in [0.25, 0.3) is 21.7 Å². The highest BCUT2D eigenvalue weighted by atomic mass is 35.5. The molecule has 3 rings (SSSR count). The molecule has 3 nitrogen and oxygen atoms in total. The van der Waals surface area contributed by atoms with Crippen LogP contribution in [0, 0.1) is 0 Å². The maximum absolute atomic E-state index is 6.09. The van der Waals surface area contributed by atoms with Crippen molar-refractivity contribution in [3.8, 4) is 10.7 Å². The summed E-state index contributed by atoms with van der Waals surface area (Å²) in [6.45, 7) is 7.08. The summed E-state index contributed by atoms with van der Waals surface area (Å²) in [7, 11) is 0. The van der Waals surface area contributed by atoms with Gasteiger partial charge >= 0.3 is 0 Å². The molecule has 0 unspecified atom stereocenters. The Kier molecular flexibility index (Phi) is 3.56. The molecule has 0 aliphatic carbocycles. The molecular formula is C16H18ClN3S. The second-order valence-electron chi connectivity index (χ2n) is 6.07. The highest BCUT2D eigenvalue weighted by Crippen LogP contribution is 2.36. The van der Waals surface area contributed by atoms with Gasteiger partial charge in [0, 0.05) is 12.1 Å². The first kappa shape index (κ1) is 14.6. The van der Waals surface area contributed by atoms with Crippen molar-refractivity contribution >= 4 is 34.0 Å². The minimum atomic E-state index is -0.0647. The van der Waals surface area contributed by atoms with Crippen molar-refractivity contribution in [2.75, 3.05) is 0 Å². The first-order valence-corrected chi connectivity index (χ1v) is 8.07. The third-order valence-corrected chi connectivity index (χ3v) is 4.65. The number of hydrogen-bond acceptors (Lipinski definition) is 3. The summed E-state index contributed by atoms with van der Waals surface area (Å²) in [5.41, 5.74) is 8.87. The summed E-state index contributed by atoms with van der Waals surface area (Å²) in [6, 6.07) is 10.2. The smallest absolute Gasteiger partial charge is 0.151 e. The number of halogens is 1. The molecule has 0 saturated heterocycles. The first-order chi connectivity index (χ1) is 9.90. The predicted molar refractivity (Wildman–Crippen MR) is 90.9 cm³/mol. The molecule has 0 spiro atoms. The average Bonchev–Trinajstić information content (AvgIpc) is 3.00. The minimum absolute atomic E-state index is 0.0647. The molecule has 1 aromatic carbocycles. The molecule has 2 heterocycles. The molecule has 0 amide bonds. The Morgan fingerprint density at radius 1 is 1.24 bits per heavy atom. The molecule has 0 fully saturated rings. The van der Waals surface area contributed by atoms with E-state index in [0.29, 0.717) is 6.54 Å². The van der Waals surface area contributed by atoms with E-state index < -0.39 is 0 Å². The van der Waals surface area contributed by atoms with Crippen molar-refractivity contribution in [3.05, 3.63) is 40.2 Å². The fourth-order valence-corrected chi connectivity index (χ4v) is 3.55. The summed E-state index contributed by atoms with van der Waals surface area (Å²) in [5.74, 6) is 0.962. The number of hydrogen-bond donors (Lipinski definition) is 1. The molecule has 0 bridgehead atoms. The van der Waals surface area contributed by atoms with E-state index in [-0.39, 0.29) is 5.54 Å². The number of imidazole rings is 1. The number of benzene rings is 1. The van der Waals surface area contributed by atoms with Crippen LogP contribution in [-0.2, 0) is 12.1 Å². The van der Waals surface area contributed by atoms with Crippen LogP contribution < -0.4 is 5.73 Å². The van der Waals surface area contributed by atoms with Crippen LogP contribution in [0.1, 0.15) is 26.3 Å². The molecule has 0 atom stereocenters. The third kappa shape index (κ3) is 2.59. The van der Waals surface area contributed by atoms with E-state index in [4.69, 9.17) is 22.3 Å². The highest BCUT2D eigenvalue weighted by Gasteiger charge is 2.23. The van der Waals surface area contributed by atoms with Crippen molar-refractivity contribution in [2.24, 2.45) is 5.73 Å². The van der Waals surface area contributed by atoms with Gasteiger partial charge in [0.05, 0.1) is 20.2 Å². The second kappa shape index (κ2) is 5.13. The number of thiophene rings is 1. The van der Waals surface area contributed by atoms with Crippen molar-refractivity contribution in [2.45, 2.75) is 32.9 Å². The van der Waals surface area contributed by atoms with Crippen LogP contribution in [0.3, 0.4) is 0 Å². The van der Waals surface area contributed by atoms with Crippen LogP contribution in [0.15, 0.2) is 30.3 Å². The quantitative estimate of drug-likeness (QED) is 0.748. The van der Waals surface area contributed by atoms with Gasteiger partial charge in [0.15, 0.2) is 5.82 Å². The Bertz CT molecular complexity index is 796. The Morgan fingerprint density at radius 3 is 2.57 bits per heavy atom. The lowest BCUT2D eigenvalue weighted by molar-refractivity contribution is 0.413. The molecule has 110 valence electrons. The Labute approximate surface area is 133 Å². The lowest BCUT2D eigenvalue weighted by atomic mass is 10.1. The molecule has 2 aromatic heterocycles. The zero-order valence-corrected chi connectivity index (χ0v) is 13.9. The maximum Gasteiger partial charge on any atom is 0.151 e. The zero-order chi connectivity index (χ0) is 15.2. The first-order valence-electron chi connectivity index (χ1n) is 6.88. The predicted octanol–water partition coefficient (Wildman–Crippen LogP) is 4.63. The molecule has 0 aliphatic rings. The largest absolute Gasteiger partial charge is 0.326 e. The van der Waals surface area contributed by atoms with Crippen molar-refractivity contribution < 1.29 is 0 Å². The van der Waals surface area contributed by atoms with Crippen LogP contribution in [0.5, 0.6) is 0 Å². The molecule has 21 heavy (non-hydrogen) atoms. The van der Waals surface area contributed by atoms with Gasteiger partial charge in [-0.3, -0.25) is 0 Å². The van der Waals surface area contributed by atoms with Gasteiger partial charge in [0.1, 0.15) is 0 Å². The van der Waals surface area contributed by atoms with Crippen molar-refractivity contribution in [3.63, 3.8) is 0 Å². The van der Waals surface area contributed by atoms with Crippen molar-refractivity contribution in [1.82, 2.24) is 9.55 Å². The van der Waals surface area contributed by atoms with E-state index in [1.165, 1.54) is 0 Å². The van der Waals surface area contributed by atoms with Gasteiger partial charge in [-0.2, -0.15) is 0 Å². The SMILES string of the molecule is CC(C)(C)n1c(-c2ccc(Cl)s2)nc2cc(CN)ccc21. The summed E-state index contributed by atoms with van der Waals surface area (Å²) in [4.78, 5) is 5.91. The summed E-state index contributed by atoms with van der Waals surface area (Å²) < 4.78 is 3.05. The maximum atomic E-state index is 6.09. The number of nitrogens with zero attached hydrogens (tertiary/aromatic N) is 2. The standard InChI is InChI=1S/C16H18ClN3S/c1-16(2,3)20-12-5-4-10(9-18)8-11(12)19-15(20)13-6-7-14(17)21-13/h4-8H,9,18H2,1-3H3. The number of aromatic nitrogens is 2. The Morgan fingerprint density at radius 2 is 2.00 bits per heavy atom. The van der Waals surface area contributed by atoms with Crippen LogP contribution in [0.2, 0.25) is 4.34 Å². The molecule has 3 aromatic rings. The van der Waals surface area contributed by atoms with E-state index in [1.807, 2.05) is 12.1 Å². The molecular weight excluding hydrogens is 302 g/mol. The van der Waals surface area contributed by atoms with Crippen LogP contribution >= 0.6 is 22.9 Å². The summed E-state index contributed by atoms with van der Waals surface area (Å²) >= 11 is 7.64. The second-order valence-corrected chi connectivity index (χ2v) is 7.79. The van der Waals surface area contributed by atoms with Gasteiger partial charge in [0.25, 0.3) is 0 Å². The number of nitrogens with two attached hydrogens (primary N) is 1. The number of rotatable bonds is 2. The van der Waals surface area contributed by atoms with Gasteiger partial charge in [0.2, 0.25) is 0 Å². The van der Waals surface area contributed by atoms with Crippen molar-refractivity contribution in [1.29, 1.82) is 0 Å². The third-order valence-electron chi connectivity index (χ3n) is 3.42. The molecule has 2 N–H and O–H groups in total. The Hall–Kier alpha value is -1.36. The van der Waals surface area contributed by atoms with Gasteiger partial charge in [-0.1, -0.05) is 17.7 Å². The summed E-state index contributed by atoms with van der Waals surface area (Å²) in [6.07, 6.45) is 0. The Balaban J connectivity index is 2.32. The molecule has 5 heteroatoms.